The SMILES string of the molecule is NCCNC(c1ccnc(OCc2ccc(F)c(Cl)c2)c1)c1c(O)c2ccccc2c2occ(C(=O)O)c12. The molecule has 0 radical (unpaired) electrons. The highest BCUT2D eigenvalue weighted by atomic mass is 35.5. The Morgan fingerprint density at radius 2 is 1.97 bits per heavy atom. The van der Waals surface area contributed by atoms with E-state index in [1.807, 2.05) is 0 Å². The van der Waals surface area contributed by atoms with Crippen molar-refractivity contribution in [2.24, 2.45) is 5.73 Å². The van der Waals surface area contributed by atoms with Gasteiger partial charge in [0.2, 0.25) is 5.88 Å². The summed E-state index contributed by atoms with van der Waals surface area (Å²) in [5.74, 6) is -1.52. The van der Waals surface area contributed by atoms with Gasteiger partial charge in [-0.15, -0.1) is 0 Å². The van der Waals surface area contributed by atoms with Crippen molar-refractivity contribution in [3.63, 3.8) is 0 Å². The van der Waals surface area contributed by atoms with Crippen LogP contribution in [-0.4, -0.2) is 34.3 Å². The van der Waals surface area contributed by atoms with E-state index in [0.29, 0.717) is 46.1 Å². The van der Waals surface area contributed by atoms with E-state index >= 15 is 0 Å². The van der Waals surface area contributed by atoms with Crippen molar-refractivity contribution in [3.8, 4) is 11.6 Å². The quantitative estimate of drug-likeness (QED) is 0.197. The highest BCUT2D eigenvalue weighted by Crippen LogP contribution is 2.44. The molecule has 5 N–H and O–H groups in total. The molecule has 0 amide bonds. The average molecular weight is 536 g/mol. The molecule has 5 rings (SSSR count). The number of aromatic nitrogens is 1. The van der Waals surface area contributed by atoms with E-state index in [4.69, 9.17) is 26.5 Å². The summed E-state index contributed by atoms with van der Waals surface area (Å²) in [7, 11) is 0. The van der Waals surface area contributed by atoms with Crippen LogP contribution < -0.4 is 15.8 Å². The second-order valence-corrected chi connectivity index (χ2v) is 9.01. The number of rotatable bonds is 9. The van der Waals surface area contributed by atoms with Gasteiger partial charge in [0.15, 0.2) is 0 Å². The summed E-state index contributed by atoms with van der Waals surface area (Å²) >= 11 is 5.87. The van der Waals surface area contributed by atoms with Crippen molar-refractivity contribution >= 4 is 39.3 Å². The van der Waals surface area contributed by atoms with Crippen LogP contribution in [0.15, 0.2) is 71.5 Å². The summed E-state index contributed by atoms with van der Waals surface area (Å²) in [6, 6.07) is 14.1. The Kier molecular flexibility index (Phi) is 7.15. The van der Waals surface area contributed by atoms with Gasteiger partial charge in [-0.05, 0) is 29.3 Å². The molecule has 0 aliphatic rings. The molecule has 0 saturated heterocycles. The Morgan fingerprint density at radius 3 is 2.71 bits per heavy atom. The lowest BCUT2D eigenvalue weighted by molar-refractivity contribution is 0.0698. The number of benzene rings is 3. The molecule has 0 aliphatic carbocycles. The zero-order valence-corrected chi connectivity index (χ0v) is 20.7. The molecule has 2 heterocycles. The fraction of sp³-hybridized carbons (Fsp3) is 0.143. The van der Waals surface area contributed by atoms with E-state index in [1.165, 1.54) is 18.4 Å². The van der Waals surface area contributed by atoms with Crippen LogP contribution >= 0.6 is 11.6 Å². The maximum absolute atomic E-state index is 13.5. The number of aromatic carboxylic acids is 1. The first-order valence-electron chi connectivity index (χ1n) is 11.7. The van der Waals surface area contributed by atoms with Gasteiger partial charge < -0.3 is 30.4 Å². The summed E-state index contributed by atoms with van der Waals surface area (Å²) in [5.41, 5.74) is 7.69. The highest BCUT2D eigenvalue weighted by Gasteiger charge is 2.28. The normalized spacial score (nSPS) is 12.2. The smallest absolute Gasteiger partial charge is 0.339 e. The molecule has 0 bridgehead atoms. The lowest BCUT2D eigenvalue weighted by atomic mass is 9.90. The molecular weight excluding hydrogens is 513 g/mol. The van der Waals surface area contributed by atoms with Crippen LogP contribution in [0.2, 0.25) is 5.02 Å². The van der Waals surface area contributed by atoms with Crippen molar-refractivity contribution in [2.45, 2.75) is 12.6 Å². The monoisotopic (exact) mass is 535 g/mol. The molecule has 5 aromatic rings. The van der Waals surface area contributed by atoms with Gasteiger partial charge in [0.05, 0.1) is 11.1 Å². The Balaban J connectivity index is 1.62. The van der Waals surface area contributed by atoms with E-state index in [1.54, 1.807) is 48.7 Å². The number of ether oxygens (including phenoxy) is 1. The van der Waals surface area contributed by atoms with Gasteiger partial charge in [0, 0.05) is 47.1 Å². The molecular formula is C28H23ClFN3O5. The number of carbonyl (C=O) groups is 1. The Bertz CT molecular complexity index is 1660. The number of halogens is 2. The van der Waals surface area contributed by atoms with Crippen LogP contribution in [0.5, 0.6) is 11.6 Å². The Morgan fingerprint density at radius 1 is 1.18 bits per heavy atom. The third-order valence-electron chi connectivity index (χ3n) is 6.22. The number of nitrogens with zero attached hydrogens (tertiary/aromatic N) is 1. The first-order chi connectivity index (χ1) is 18.4. The number of nitrogens with two attached hydrogens (primary N) is 1. The minimum absolute atomic E-state index is 0.0102. The fourth-order valence-electron chi connectivity index (χ4n) is 4.50. The topological polar surface area (TPSA) is 131 Å². The van der Waals surface area contributed by atoms with Crippen LogP contribution in [0.25, 0.3) is 21.7 Å². The van der Waals surface area contributed by atoms with E-state index in [2.05, 4.69) is 10.3 Å². The predicted octanol–water partition coefficient (Wildman–Crippen LogP) is 5.39. The molecule has 3 aromatic carbocycles. The maximum Gasteiger partial charge on any atom is 0.339 e. The lowest BCUT2D eigenvalue weighted by Gasteiger charge is -2.23. The largest absolute Gasteiger partial charge is 0.507 e. The number of fused-ring (bicyclic) bond motifs is 3. The average Bonchev–Trinajstić information content (AvgIpc) is 3.37. The first kappa shape index (κ1) is 25.5. The number of hydrogen-bond donors (Lipinski definition) is 4. The number of aromatic hydroxyl groups is 1. The predicted molar refractivity (Wildman–Crippen MR) is 141 cm³/mol. The molecule has 10 heteroatoms. The van der Waals surface area contributed by atoms with Crippen LogP contribution in [0.4, 0.5) is 4.39 Å². The molecule has 38 heavy (non-hydrogen) atoms. The van der Waals surface area contributed by atoms with Gasteiger partial charge in [-0.3, -0.25) is 0 Å². The third kappa shape index (κ3) is 4.74. The first-order valence-corrected chi connectivity index (χ1v) is 12.1. The minimum atomic E-state index is -1.19. The third-order valence-corrected chi connectivity index (χ3v) is 6.51. The number of nitrogens with one attached hydrogen (secondary N) is 1. The zero-order valence-electron chi connectivity index (χ0n) is 19.9. The van der Waals surface area contributed by atoms with Gasteiger partial charge in [0.25, 0.3) is 0 Å². The van der Waals surface area contributed by atoms with Crippen molar-refractivity contribution in [1.29, 1.82) is 0 Å². The molecule has 2 aromatic heterocycles. The molecule has 0 spiro atoms. The van der Waals surface area contributed by atoms with Crippen molar-refractivity contribution < 1.29 is 28.6 Å². The number of phenolic OH excluding ortho intramolecular Hbond substituents is 1. The molecule has 1 atom stereocenters. The maximum atomic E-state index is 13.5. The van der Waals surface area contributed by atoms with Gasteiger partial charge in [-0.25, -0.2) is 14.2 Å². The number of pyridine rings is 1. The lowest BCUT2D eigenvalue weighted by Crippen LogP contribution is -2.28. The van der Waals surface area contributed by atoms with Crippen molar-refractivity contribution in [2.75, 3.05) is 13.1 Å². The molecule has 194 valence electrons. The zero-order chi connectivity index (χ0) is 26.8. The number of carboxylic acid groups (broad SMARTS) is 1. The van der Waals surface area contributed by atoms with Crippen LogP contribution in [0, 0.1) is 5.82 Å². The van der Waals surface area contributed by atoms with Crippen LogP contribution in [-0.2, 0) is 6.61 Å². The summed E-state index contributed by atoms with van der Waals surface area (Å²) < 4.78 is 25.1. The van der Waals surface area contributed by atoms with Crippen molar-refractivity contribution in [3.05, 3.63) is 100 Å². The molecule has 8 nitrogen and oxygen atoms in total. The van der Waals surface area contributed by atoms with Gasteiger partial charge in [-0.2, -0.15) is 0 Å². The van der Waals surface area contributed by atoms with Gasteiger partial charge in [0.1, 0.15) is 35.6 Å². The van der Waals surface area contributed by atoms with E-state index in [9.17, 15) is 19.4 Å². The molecule has 0 aliphatic heterocycles. The fourth-order valence-corrected chi connectivity index (χ4v) is 4.70. The van der Waals surface area contributed by atoms with Crippen molar-refractivity contribution in [1.82, 2.24) is 10.3 Å². The molecule has 0 saturated carbocycles. The summed E-state index contributed by atoms with van der Waals surface area (Å²) in [6.07, 6.45) is 2.72. The molecule has 1 unspecified atom stereocenters. The summed E-state index contributed by atoms with van der Waals surface area (Å²) in [4.78, 5) is 16.4. The van der Waals surface area contributed by atoms with E-state index in [-0.39, 0.29) is 34.2 Å². The Hall–Kier alpha value is -4.18. The number of furan rings is 1. The van der Waals surface area contributed by atoms with Gasteiger partial charge >= 0.3 is 5.97 Å². The van der Waals surface area contributed by atoms with E-state index in [0.717, 1.165) is 0 Å². The highest BCUT2D eigenvalue weighted by molar-refractivity contribution is 6.30. The van der Waals surface area contributed by atoms with Gasteiger partial charge in [-0.1, -0.05) is 41.9 Å². The van der Waals surface area contributed by atoms with E-state index < -0.39 is 17.8 Å². The Labute approximate surface area is 221 Å². The second kappa shape index (κ2) is 10.7. The standard InChI is InChI=1S/C28H23ClFN3O5/c29-20-11-15(5-6-21(20)30)13-37-22-12-16(7-9-32-22)25(33-10-8-31)24-23-19(28(35)36)14-38-27(23)18-4-2-1-3-17(18)26(24)34/h1-7,9,11-12,14,25,33-34H,8,10,13,31H2,(H,35,36). The number of phenols is 1. The number of hydrogen-bond acceptors (Lipinski definition) is 7. The number of carboxylic acids is 1. The summed E-state index contributed by atoms with van der Waals surface area (Å²) in [5, 5.41) is 26.1. The second-order valence-electron chi connectivity index (χ2n) is 8.61. The molecule has 0 fully saturated rings. The minimum Gasteiger partial charge on any atom is -0.507 e. The van der Waals surface area contributed by atoms with Crippen LogP contribution in [0.1, 0.15) is 33.1 Å². The summed E-state index contributed by atoms with van der Waals surface area (Å²) in [6.45, 7) is 0.754. The van der Waals surface area contributed by atoms with Crippen LogP contribution in [0.3, 0.4) is 0 Å².